The zero-order chi connectivity index (χ0) is 8.97. The van der Waals surface area contributed by atoms with Crippen LogP contribution >= 0.6 is 0 Å². The Kier molecular flexibility index (Phi) is 3.03. The molecule has 0 aromatic rings. The van der Waals surface area contributed by atoms with Gasteiger partial charge in [-0.25, -0.2) is 0 Å². The molecule has 0 heterocycles. The number of carbonyl (C=O) groups is 1. The predicted molar refractivity (Wildman–Crippen MR) is 42.9 cm³/mol. The van der Waals surface area contributed by atoms with Crippen LogP contribution in [0.3, 0.4) is 0 Å². The first-order valence-electron chi connectivity index (χ1n) is 4.25. The number of nitrogens with zero attached hydrogens (tertiary/aromatic N) is 2. The second-order valence-corrected chi connectivity index (χ2v) is 3.12. The molecule has 0 N–H and O–H groups in total. The van der Waals surface area contributed by atoms with E-state index in [2.05, 4.69) is 4.98 Å². The second kappa shape index (κ2) is 4.05. The van der Waals surface area contributed by atoms with Crippen LogP contribution < -0.4 is 0 Å². The molecule has 2 atom stereocenters. The van der Waals surface area contributed by atoms with E-state index in [1.165, 1.54) is 6.92 Å². The molecular weight excluding hydrogens is 156 g/mol. The van der Waals surface area contributed by atoms with E-state index in [1.54, 1.807) is 0 Å². The standard InChI is InChI=1S/C8H13N2O2/c1-6(11)12-8-5-3-2-4-7(8)10-9/h7-8H,2-5H2,1H3/q+1. The highest BCUT2D eigenvalue weighted by atomic mass is 16.5. The van der Waals surface area contributed by atoms with E-state index in [-0.39, 0.29) is 18.1 Å². The molecule has 0 bridgehead atoms. The van der Waals surface area contributed by atoms with Gasteiger partial charge < -0.3 is 4.74 Å². The topological polar surface area (TPSA) is 54.5 Å². The Morgan fingerprint density at radius 1 is 1.50 bits per heavy atom. The highest BCUT2D eigenvalue weighted by molar-refractivity contribution is 5.66. The van der Waals surface area contributed by atoms with Gasteiger partial charge in [-0.3, -0.25) is 4.79 Å². The summed E-state index contributed by atoms with van der Waals surface area (Å²) in [7, 11) is 0. The summed E-state index contributed by atoms with van der Waals surface area (Å²) >= 11 is 0. The third kappa shape index (κ3) is 2.19. The number of carbonyl (C=O) groups excluding carboxylic acids is 1. The number of hydrogen-bond acceptors (Lipinski definition) is 3. The molecule has 0 aromatic heterocycles. The zero-order valence-electron chi connectivity index (χ0n) is 7.19. The van der Waals surface area contributed by atoms with Crippen molar-refractivity contribution in [3.05, 3.63) is 4.98 Å². The van der Waals surface area contributed by atoms with E-state index < -0.39 is 0 Å². The zero-order valence-corrected chi connectivity index (χ0v) is 7.19. The SMILES string of the molecule is CC(=O)OC1CCCCC1[N+]#N. The van der Waals surface area contributed by atoms with Crippen molar-refractivity contribution in [3.8, 4) is 0 Å². The number of rotatable bonds is 1. The molecule has 1 rings (SSSR count). The van der Waals surface area contributed by atoms with Crippen molar-refractivity contribution in [2.45, 2.75) is 44.8 Å². The van der Waals surface area contributed by atoms with Crippen molar-refractivity contribution >= 4 is 5.97 Å². The summed E-state index contributed by atoms with van der Waals surface area (Å²) in [6.45, 7) is 1.38. The summed E-state index contributed by atoms with van der Waals surface area (Å²) in [6.07, 6.45) is 3.51. The molecule has 4 nitrogen and oxygen atoms in total. The maximum Gasteiger partial charge on any atom is 0.350 e. The largest absolute Gasteiger partial charge is 0.454 e. The summed E-state index contributed by atoms with van der Waals surface area (Å²) in [6, 6.07) is -0.206. The Morgan fingerprint density at radius 3 is 2.75 bits per heavy atom. The Bertz CT molecular complexity index is 210. The number of diazo groups is 1. The number of ether oxygens (including phenoxy) is 1. The van der Waals surface area contributed by atoms with Crippen molar-refractivity contribution in [3.63, 3.8) is 0 Å². The highest BCUT2D eigenvalue weighted by Gasteiger charge is 2.37. The van der Waals surface area contributed by atoms with E-state index in [4.69, 9.17) is 10.1 Å². The van der Waals surface area contributed by atoms with Gasteiger partial charge in [0, 0.05) is 13.3 Å². The molecule has 0 amide bonds. The molecule has 66 valence electrons. The molecule has 1 saturated carbocycles. The number of hydrogen-bond donors (Lipinski definition) is 0. The van der Waals surface area contributed by atoms with Gasteiger partial charge in [0.25, 0.3) is 0 Å². The predicted octanol–water partition coefficient (Wildman–Crippen LogP) is 1.71. The molecule has 0 saturated heterocycles. The van der Waals surface area contributed by atoms with E-state index >= 15 is 0 Å². The van der Waals surface area contributed by atoms with Crippen molar-refractivity contribution in [1.82, 2.24) is 0 Å². The molecule has 1 fully saturated rings. The van der Waals surface area contributed by atoms with Gasteiger partial charge in [-0.05, 0) is 19.3 Å². The van der Waals surface area contributed by atoms with Crippen LogP contribution in [0.25, 0.3) is 4.98 Å². The fourth-order valence-electron chi connectivity index (χ4n) is 1.56. The van der Waals surface area contributed by atoms with Crippen LogP contribution in [0.2, 0.25) is 0 Å². The van der Waals surface area contributed by atoms with Crippen LogP contribution in [0.5, 0.6) is 0 Å². The smallest absolute Gasteiger partial charge is 0.350 e. The van der Waals surface area contributed by atoms with Gasteiger partial charge in [0.05, 0.1) is 0 Å². The van der Waals surface area contributed by atoms with Crippen molar-refractivity contribution in [2.75, 3.05) is 0 Å². The van der Waals surface area contributed by atoms with Gasteiger partial charge in [-0.2, -0.15) is 0 Å². The minimum absolute atomic E-state index is 0.206. The fraction of sp³-hybridized carbons (Fsp3) is 0.875. The lowest BCUT2D eigenvalue weighted by molar-refractivity contribution is -0.148. The Hall–Kier alpha value is -1.11. The van der Waals surface area contributed by atoms with Crippen LogP contribution in [-0.2, 0) is 9.53 Å². The summed E-state index contributed by atoms with van der Waals surface area (Å²) in [5.74, 6) is -0.296. The first kappa shape index (κ1) is 8.98. The average molecular weight is 169 g/mol. The quantitative estimate of drug-likeness (QED) is 0.443. The van der Waals surface area contributed by atoms with Crippen LogP contribution in [-0.4, -0.2) is 18.1 Å². The Balaban J connectivity index is 2.48. The van der Waals surface area contributed by atoms with E-state index in [1.807, 2.05) is 0 Å². The lowest BCUT2D eigenvalue weighted by atomic mass is 9.93. The molecule has 12 heavy (non-hydrogen) atoms. The average Bonchev–Trinajstić information content (AvgIpc) is 2.04. The van der Waals surface area contributed by atoms with Gasteiger partial charge in [-0.15, -0.1) is 0 Å². The van der Waals surface area contributed by atoms with E-state index in [0.717, 1.165) is 25.7 Å². The van der Waals surface area contributed by atoms with Crippen LogP contribution in [0.1, 0.15) is 32.6 Å². The molecular formula is C8H13N2O2+. The third-order valence-corrected chi connectivity index (χ3v) is 2.13. The van der Waals surface area contributed by atoms with E-state index in [9.17, 15) is 4.79 Å². The summed E-state index contributed by atoms with van der Waals surface area (Å²) in [4.78, 5) is 13.8. The lowest BCUT2D eigenvalue weighted by Crippen LogP contribution is -2.31. The normalized spacial score (nSPS) is 29.0. The van der Waals surface area contributed by atoms with Gasteiger partial charge in [0.15, 0.2) is 6.10 Å². The Morgan fingerprint density at radius 2 is 2.17 bits per heavy atom. The van der Waals surface area contributed by atoms with Gasteiger partial charge in [-0.1, -0.05) is 0 Å². The van der Waals surface area contributed by atoms with Crippen LogP contribution in [0.4, 0.5) is 0 Å². The summed E-state index contributed by atoms with van der Waals surface area (Å²) in [5.41, 5.74) is 0. The first-order valence-corrected chi connectivity index (χ1v) is 4.25. The maximum absolute atomic E-state index is 10.6. The third-order valence-electron chi connectivity index (χ3n) is 2.13. The summed E-state index contributed by atoms with van der Waals surface area (Å²) < 4.78 is 5.00. The first-order chi connectivity index (χ1) is 5.74. The second-order valence-electron chi connectivity index (χ2n) is 3.12. The molecule has 0 spiro atoms. The molecule has 0 radical (unpaired) electrons. The minimum atomic E-state index is -0.296. The molecule has 1 aliphatic carbocycles. The molecule has 4 heteroatoms. The summed E-state index contributed by atoms with van der Waals surface area (Å²) in [5, 5.41) is 8.61. The lowest BCUT2D eigenvalue weighted by Gasteiger charge is -2.18. The Labute approximate surface area is 71.5 Å². The molecule has 0 aliphatic heterocycles. The van der Waals surface area contributed by atoms with Crippen LogP contribution in [0, 0.1) is 5.39 Å². The van der Waals surface area contributed by atoms with Crippen molar-refractivity contribution < 1.29 is 9.53 Å². The highest BCUT2D eigenvalue weighted by Crippen LogP contribution is 2.23. The molecule has 1 aliphatic rings. The van der Waals surface area contributed by atoms with Crippen molar-refractivity contribution in [1.29, 1.82) is 5.39 Å². The van der Waals surface area contributed by atoms with Gasteiger partial charge in [0.1, 0.15) is 4.98 Å². The van der Waals surface area contributed by atoms with Gasteiger partial charge >= 0.3 is 12.0 Å². The fourth-order valence-corrected chi connectivity index (χ4v) is 1.56. The maximum atomic E-state index is 10.6. The van der Waals surface area contributed by atoms with Crippen LogP contribution in [0.15, 0.2) is 0 Å². The monoisotopic (exact) mass is 169 g/mol. The number of esters is 1. The molecule has 2 unspecified atom stereocenters. The molecule has 0 aromatic carbocycles. The van der Waals surface area contributed by atoms with E-state index in [0.29, 0.717) is 0 Å². The minimum Gasteiger partial charge on any atom is -0.454 e. The van der Waals surface area contributed by atoms with Gasteiger partial charge in [0.2, 0.25) is 5.39 Å². The van der Waals surface area contributed by atoms with Crippen molar-refractivity contribution in [2.24, 2.45) is 0 Å².